The molecule has 0 bridgehead atoms. The van der Waals surface area contributed by atoms with E-state index in [0.717, 1.165) is 0 Å². The van der Waals surface area contributed by atoms with Crippen LogP contribution in [0, 0.1) is 5.92 Å². The lowest BCUT2D eigenvalue weighted by Gasteiger charge is -2.18. The zero-order chi connectivity index (χ0) is 12.8. The maximum Gasteiger partial charge on any atom is 0.324 e. The summed E-state index contributed by atoms with van der Waals surface area (Å²) in [4.78, 5) is 11.2. The number of halogens is 4. The minimum Gasteiger partial charge on any atom is -0.350 e. The lowest BCUT2D eigenvalue weighted by atomic mass is 10.1. The molecular weight excluding hydrogens is 228 g/mol. The molecule has 0 heterocycles. The predicted octanol–water partition coefficient (Wildman–Crippen LogP) is 1.25. The molecule has 0 spiro atoms. The first-order valence-corrected chi connectivity index (χ1v) is 4.95. The van der Waals surface area contributed by atoms with E-state index in [1.807, 2.05) is 6.92 Å². The van der Waals surface area contributed by atoms with E-state index in [2.05, 4.69) is 5.32 Å². The van der Waals surface area contributed by atoms with Crippen molar-refractivity contribution in [3.05, 3.63) is 0 Å². The van der Waals surface area contributed by atoms with Gasteiger partial charge in [0.1, 0.15) is 0 Å². The lowest BCUT2D eigenvalue weighted by molar-refractivity contribution is -0.138. The zero-order valence-electron chi connectivity index (χ0n) is 9.20. The van der Waals surface area contributed by atoms with Crippen LogP contribution in [0.2, 0.25) is 0 Å². The summed E-state index contributed by atoms with van der Waals surface area (Å²) in [6, 6.07) is 0. The second-order valence-corrected chi connectivity index (χ2v) is 3.49. The average Bonchev–Trinajstić information content (AvgIpc) is 2.22. The molecule has 1 atom stereocenters. The van der Waals surface area contributed by atoms with Gasteiger partial charge in [-0.15, -0.1) is 0 Å². The van der Waals surface area contributed by atoms with Gasteiger partial charge in [0.25, 0.3) is 0 Å². The van der Waals surface area contributed by atoms with Gasteiger partial charge in [-0.2, -0.15) is 8.78 Å². The molecule has 1 unspecified atom stereocenters. The molecule has 0 radical (unpaired) electrons. The number of carbonyl (C=O) groups excluding carboxylic acids is 1. The summed E-state index contributed by atoms with van der Waals surface area (Å²) in [7, 11) is 0. The molecule has 0 aliphatic carbocycles. The molecule has 0 rings (SSSR count). The minimum atomic E-state index is -4.17. The molecular formula is C9H16F4N2O. The van der Waals surface area contributed by atoms with Crippen molar-refractivity contribution < 1.29 is 22.4 Å². The van der Waals surface area contributed by atoms with Crippen LogP contribution in [0.25, 0.3) is 0 Å². The highest BCUT2D eigenvalue weighted by molar-refractivity contribution is 5.78. The highest BCUT2D eigenvalue weighted by Crippen LogP contribution is 2.21. The third kappa shape index (κ3) is 5.29. The maximum absolute atomic E-state index is 12.4. The van der Waals surface area contributed by atoms with Crippen molar-refractivity contribution in [3.63, 3.8) is 0 Å². The van der Waals surface area contributed by atoms with Gasteiger partial charge < -0.3 is 10.6 Å². The number of hydrogen-bond acceptors (Lipinski definition) is 2. The zero-order valence-corrected chi connectivity index (χ0v) is 9.20. The Hall–Kier alpha value is -0.850. The van der Waals surface area contributed by atoms with Crippen LogP contribution in [-0.2, 0) is 4.79 Å². The fourth-order valence-corrected chi connectivity index (χ4v) is 0.910. The van der Waals surface area contributed by atoms with Crippen molar-refractivity contribution in [1.82, 2.24) is 10.6 Å². The first-order valence-electron chi connectivity index (χ1n) is 4.95. The van der Waals surface area contributed by atoms with Gasteiger partial charge in [-0.25, -0.2) is 8.78 Å². The average molecular weight is 244 g/mol. The SMILES string of the molecule is CCNCC(C)C(=O)NCC(F)(F)C(F)F. The molecule has 7 heteroatoms. The largest absolute Gasteiger partial charge is 0.350 e. The fourth-order valence-electron chi connectivity index (χ4n) is 0.910. The number of rotatable bonds is 7. The van der Waals surface area contributed by atoms with Crippen molar-refractivity contribution in [3.8, 4) is 0 Å². The van der Waals surface area contributed by atoms with Crippen LogP contribution >= 0.6 is 0 Å². The van der Waals surface area contributed by atoms with Crippen LogP contribution in [0.1, 0.15) is 13.8 Å². The van der Waals surface area contributed by atoms with Crippen LogP contribution in [0.4, 0.5) is 17.6 Å². The second kappa shape index (κ2) is 6.67. The third-order valence-electron chi connectivity index (χ3n) is 1.97. The summed E-state index contributed by atoms with van der Waals surface area (Å²) in [6.45, 7) is 2.99. The summed E-state index contributed by atoms with van der Waals surface area (Å²) >= 11 is 0. The smallest absolute Gasteiger partial charge is 0.324 e. The van der Waals surface area contributed by atoms with Gasteiger partial charge in [0, 0.05) is 12.5 Å². The Morgan fingerprint density at radius 1 is 1.38 bits per heavy atom. The van der Waals surface area contributed by atoms with Crippen LogP contribution in [0.5, 0.6) is 0 Å². The first kappa shape index (κ1) is 15.2. The summed E-state index contributed by atoms with van der Waals surface area (Å²) in [5.74, 6) is -5.37. The molecule has 0 saturated heterocycles. The van der Waals surface area contributed by atoms with Gasteiger partial charge >= 0.3 is 12.3 Å². The van der Waals surface area contributed by atoms with E-state index in [9.17, 15) is 22.4 Å². The Labute approximate surface area is 91.6 Å². The van der Waals surface area contributed by atoms with Crippen molar-refractivity contribution in [2.75, 3.05) is 19.6 Å². The van der Waals surface area contributed by atoms with Crippen LogP contribution < -0.4 is 10.6 Å². The Balaban J connectivity index is 3.97. The molecule has 0 saturated carbocycles. The normalized spacial score (nSPS) is 13.9. The molecule has 96 valence electrons. The van der Waals surface area contributed by atoms with E-state index in [-0.39, 0.29) is 0 Å². The van der Waals surface area contributed by atoms with E-state index in [0.29, 0.717) is 13.1 Å². The van der Waals surface area contributed by atoms with Gasteiger partial charge in [0.05, 0.1) is 6.54 Å². The molecule has 0 aliphatic heterocycles. The predicted molar refractivity (Wildman–Crippen MR) is 51.7 cm³/mol. The van der Waals surface area contributed by atoms with Crippen molar-refractivity contribution >= 4 is 5.91 Å². The Bertz CT molecular complexity index is 224. The first-order chi connectivity index (χ1) is 7.31. The molecule has 0 fully saturated rings. The quantitative estimate of drug-likeness (QED) is 0.662. The number of alkyl halides is 4. The topological polar surface area (TPSA) is 41.1 Å². The monoisotopic (exact) mass is 244 g/mol. The summed E-state index contributed by atoms with van der Waals surface area (Å²) in [6.07, 6.45) is -3.77. The van der Waals surface area contributed by atoms with Gasteiger partial charge in [-0.3, -0.25) is 4.79 Å². The van der Waals surface area contributed by atoms with Crippen molar-refractivity contribution in [2.24, 2.45) is 5.92 Å². The fraction of sp³-hybridized carbons (Fsp3) is 0.889. The summed E-state index contributed by atoms with van der Waals surface area (Å²) in [5.41, 5.74) is 0. The summed E-state index contributed by atoms with van der Waals surface area (Å²) in [5, 5.41) is 4.66. The minimum absolute atomic E-state index is 0.322. The molecule has 0 aromatic carbocycles. The third-order valence-corrected chi connectivity index (χ3v) is 1.97. The van der Waals surface area contributed by atoms with E-state index >= 15 is 0 Å². The van der Waals surface area contributed by atoms with Crippen molar-refractivity contribution in [1.29, 1.82) is 0 Å². The molecule has 0 aromatic rings. The Morgan fingerprint density at radius 3 is 2.38 bits per heavy atom. The molecule has 16 heavy (non-hydrogen) atoms. The van der Waals surface area contributed by atoms with E-state index in [4.69, 9.17) is 0 Å². The number of nitrogens with one attached hydrogen (secondary N) is 2. The number of hydrogen-bond donors (Lipinski definition) is 2. The lowest BCUT2D eigenvalue weighted by Crippen LogP contribution is -2.44. The maximum atomic E-state index is 12.4. The number of carbonyl (C=O) groups is 1. The van der Waals surface area contributed by atoms with Gasteiger partial charge in [-0.05, 0) is 6.54 Å². The van der Waals surface area contributed by atoms with Crippen LogP contribution in [-0.4, -0.2) is 37.9 Å². The standard InChI is InChI=1S/C9H16F4N2O/c1-3-14-4-6(2)7(16)15-5-9(12,13)8(10)11/h6,8,14H,3-5H2,1-2H3,(H,15,16). The molecule has 3 nitrogen and oxygen atoms in total. The van der Waals surface area contributed by atoms with Gasteiger partial charge in [-0.1, -0.05) is 13.8 Å². The van der Waals surface area contributed by atoms with Crippen LogP contribution in [0.15, 0.2) is 0 Å². The van der Waals surface area contributed by atoms with E-state index in [1.54, 1.807) is 5.32 Å². The number of amides is 1. The Morgan fingerprint density at radius 2 is 1.94 bits per heavy atom. The molecule has 0 aliphatic rings. The molecule has 1 amide bonds. The highest BCUT2D eigenvalue weighted by atomic mass is 19.3. The van der Waals surface area contributed by atoms with E-state index < -0.39 is 30.7 Å². The van der Waals surface area contributed by atoms with E-state index in [1.165, 1.54) is 6.92 Å². The Kier molecular flexibility index (Phi) is 6.32. The summed E-state index contributed by atoms with van der Waals surface area (Å²) < 4.78 is 48.4. The molecule has 2 N–H and O–H groups in total. The molecule has 0 aromatic heterocycles. The van der Waals surface area contributed by atoms with Gasteiger partial charge in [0.2, 0.25) is 5.91 Å². The highest BCUT2D eigenvalue weighted by Gasteiger charge is 2.40. The second-order valence-electron chi connectivity index (χ2n) is 3.49. The van der Waals surface area contributed by atoms with Crippen LogP contribution in [0.3, 0.4) is 0 Å². The van der Waals surface area contributed by atoms with Crippen molar-refractivity contribution in [2.45, 2.75) is 26.2 Å². The van der Waals surface area contributed by atoms with Gasteiger partial charge in [0.15, 0.2) is 0 Å².